The summed E-state index contributed by atoms with van der Waals surface area (Å²) in [7, 11) is -3.76. The highest BCUT2D eigenvalue weighted by Crippen LogP contribution is 2.40. The van der Waals surface area contributed by atoms with Gasteiger partial charge in [0.05, 0.1) is 4.90 Å². The van der Waals surface area contributed by atoms with Gasteiger partial charge in [-0.05, 0) is 64.7 Å². The summed E-state index contributed by atoms with van der Waals surface area (Å²) >= 11 is 0. The number of ketones is 1. The summed E-state index contributed by atoms with van der Waals surface area (Å²) in [5.74, 6) is -0.910. The van der Waals surface area contributed by atoms with Crippen LogP contribution in [0.1, 0.15) is 55.1 Å². The summed E-state index contributed by atoms with van der Waals surface area (Å²) in [6.45, 7) is 7.07. The van der Waals surface area contributed by atoms with Gasteiger partial charge in [0.2, 0.25) is 10.0 Å². The summed E-state index contributed by atoms with van der Waals surface area (Å²) in [4.78, 5) is 26.8. The smallest absolute Gasteiger partial charge is 0.320 e. The number of nitrogens with one attached hydrogen (secondary N) is 1. The molecule has 166 valence electrons. The number of carbonyl (C=O) groups is 2. The van der Waals surface area contributed by atoms with Crippen LogP contribution in [-0.2, 0) is 26.0 Å². The monoisotopic (exact) mass is 443 g/mol. The lowest BCUT2D eigenvalue weighted by Crippen LogP contribution is -2.48. The minimum atomic E-state index is -3.76. The van der Waals surface area contributed by atoms with Crippen LogP contribution in [0.15, 0.2) is 53.4 Å². The number of rotatable bonds is 6. The molecule has 1 N–H and O–H groups in total. The molecule has 0 aliphatic heterocycles. The van der Waals surface area contributed by atoms with E-state index in [-0.39, 0.29) is 30.1 Å². The summed E-state index contributed by atoms with van der Waals surface area (Å²) in [5, 5.41) is 0. The van der Waals surface area contributed by atoms with Gasteiger partial charge in [-0.25, -0.2) is 13.1 Å². The van der Waals surface area contributed by atoms with E-state index in [1.807, 2.05) is 19.1 Å². The second-order valence-corrected chi connectivity index (χ2v) is 10.8. The van der Waals surface area contributed by atoms with E-state index in [1.54, 1.807) is 45.0 Å². The topological polar surface area (TPSA) is 89.5 Å². The minimum Gasteiger partial charge on any atom is -0.459 e. The second-order valence-electron chi connectivity index (χ2n) is 9.03. The van der Waals surface area contributed by atoms with Crippen molar-refractivity contribution in [3.63, 3.8) is 0 Å². The van der Waals surface area contributed by atoms with Gasteiger partial charge >= 0.3 is 5.97 Å². The number of carbonyl (C=O) groups excluding carboxylic acids is 2. The van der Waals surface area contributed by atoms with Crippen LogP contribution < -0.4 is 4.72 Å². The molecule has 0 aromatic heterocycles. The molecule has 31 heavy (non-hydrogen) atoms. The Labute approximate surface area is 184 Å². The Morgan fingerprint density at radius 2 is 1.74 bits per heavy atom. The molecule has 1 aliphatic rings. The second kappa shape index (κ2) is 8.55. The number of hydrogen-bond donors (Lipinski definition) is 1. The van der Waals surface area contributed by atoms with Crippen LogP contribution in [0.2, 0.25) is 0 Å². The van der Waals surface area contributed by atoms with Crippen molar-refractivity contribution in [3.05, 3.63) is 65.2 Å². The van der Waals surface area contributed by atoms with Crippen LogP contribution in [0.25, 0.3) is 0 Å². The molecule has 0 fully saturated rings. The number of aryl methyl sites for hydroxylation is 2. The zero-order chi connectivity index (χ0) is 22.9. The number of benzene rings is 2. The molecule has 0 spiro atoms. The Bertz CT molecular complexity index is 1080. The summed E-state index contributed by atoms with van der Waals surface area (Å²) < 4.78 is 33.5. The van der Waals surface area contributed by atoms with Gasteiger partial charge < -0.3 is 4.74 Å². The van der Waals surface area contributed by atoms with Crippen LogP contribution >= 0.6 is 0 Å². The van der Waals surface area contributed by atoms with Gasteiger partial charge in [-0.15, -0.1) is 0 Å². The highest BCUT2D eigenvalue weighted by Gasteiger charge is 2.50. The molecule has 6 nitrogen and oxygen atoms in total. The molecule has 0 radical (unpaired) electrons. The molecule has 0 unspecified atom stereocenters. The Hall–Kier alpha value is -2.51. The lowest BCUT2D eigenvalue weighted by molar-refractivity contribution is -0.165. The fraction of sp³-hybridized carbons (Fsp3) is 0.417. The number of ether oxygens (including phenoxy) is 1. The molecule has 1 aliphatic carbocycles. The predicted octanol–water partition coefficient (Wildman–Crippen LogP) is 3.82. The Balaban J connectivity index is 1.85. The predicted molar refractivity (Wildman–Crippen MR) is 118 cm³/mol. The molecule has 0 saturated carbocycles. The van der Waals surface area contributed by atoms with Gasteiger partial charge in [0, 0.05) is 12.1 Å². The molecule has 2 aromatic carbocycles. The van der Waals surface area contributed by atoms with Crippen LogP contribution in [-0.4, -0.2) is 32.3 Å². The third-order valence-electron chi connectivity index (χ3n) is 5.48. The van der Waals surface area contributed by atoms with Crippen molar-refractivity contribution in [2.75, 3.05) is 6.54 Å². The van der Waals surface area contributed by atoms with Crippen LogP contribution in [0, 0.1) is 12.3 Å². The van der Waals surface area contributed by atoms with E-state index in [2.05, 4.69) is 4.72 Å². The van der Waals surface area contributed by atoms with Crippen molar-refractivity contribution in [1.29, 1.82) is 0 Å². The van der Waals surface area contributed by atoms with E-state index >= 15 is 0 Å². The fourth-order valence-electron chi connectivity index (χ4n) is 3.79. The molecule has 2 aromatic rings. The van der Waals surface area contributed by atoms with Crippen molar-refractivity contribution in [2.24, 2.45) is 5.41 Å². The van der Waals surface area contributed by atoms with Gasteiger partial charge in [-0.3, -0.25) is 9.59 Å². The molecule has 0 heterocycles. The third-order valence-corrected chi connectivity index (χ3v) is 6.96. The van der Waals surface area contributed by atoms with E-state index in [4.69, 9.17) is 4.74 Å². The van der Waals surface area contributed by atoms with E-state index in [0.29, 0.717) is 12.0 Å². The maximum absolute atomic E-state index is 13.5. The van der Waals surface area contributed by atoms with Crippen LogP contribution in [0.4, 0.5) is 0 Å². The maximum atomic E-state index is 13.5. The van der Waals surface area contributed by atoms with Crippen LogP contribution in [0.5, 0.6) is 0 Å². The van der Waals surface area contributed by atoms with Crippen molar-refractivity contribution in [3.8, 4) is 0 Å². The minimum absolute atomic E-state index is 0.0279. The standard InChI is InChI=1S/C24H29NO5S/c1-17-9-11-19(12-10-17)31(28,29)25-16-15-24(22(27)30-23(2,3)4)14-13-18-7-5-6-8-20(18)21(24)26/h5-12,25H,13-16H2,1-4H3/t24-/m0/s1. The summed E-state index contributed by atoms with van der Waals surface area (Å²) in [6, 6.07) is 13.7. The number of fused-ring (bicyclic) bond motifs is 1. The zero-order valence-corrected chi connectivity index (χ0v) is 19.2. The molecule has 0 bridgehead atoms. The quantitative estimate of drug-likeness (QED) is 0.541. The summed E-state index contributed by atoms with van der Waals surface area (Å²) in [5.41, 5.74) is 0.169. The first-order valence-electron chi connectivity index (χ1n) is 10.4. The SMILES string of the molecule is Cc1ccc(S(=O)(=O)NCC[C@@]2(C(=O)OC(C)(C)C)CCc3ccccc3C2=O)cc1. The average molecular weight is 444 g/mol. The highest BCUT2D eigenvalue weighted by molar-refractivity contribution is 7.89. The summed E-state index contributed by atoms with van der Waals surface area (Å²) in [6.07, 6.45) is 0.857. The van der Waals surface area contributed by atoms with Crippen molar-refractivity contribution in [2.45, 2.75) is 57.5 Å². The molecular weight excluding hydrogens is 414 g/mol. The highest BCUT2D eigenvalue weighted by atomic mass is 32.2. The Morgan fingerprint density at radius 3 is 2.39 bits per heavy atom. The van der Waals surface area contributed by atoms with Crippen molar-refractivity contribution >= 4 is 21.8 Å². The zero-order valence-electron chi connectivity index (χ0n) is 18.4. The first kappa shape index (κ1) is 23.2. The van der Waals surface area contributed by atoms with E-state index < -0.39 is 27.0 Å². The molecular formula is C24H29NO5S. The Kier molecular flexibility index (Phi) is 6.39. The lowest BCUT2D eigenvalue weighted by atomic mass is 9.68. The number of sulfonamides is 1. The largest absolute Gasteiger partial charge is 0.459 e. The number of hydrogen-bond acceptors (Lipinski definition) is 5. The first-order chi connectivity index (χ1) is 14.4. The molecule has 0 saturated heterocycles. The maximum Gasteiger partial charge on any atom is 0.320 e. The average Bonchev–Trinajstić information content (AvgIpc) is 2.69. The van der Waals surface area contributed by atoms with E-state index in [9.17, 15) is 18.0 Å². The van der Waals surface area contributed by atoms with Crippen molar-refractivity contribution < 1.29 is 22.7 Å². The van der Waals surface area contributed by atoms with E-state index in [1.165, 1.54) is 12.1 Å². The van der Waals surface area contributed by atoms with Gasteiger partial charge in [0.15, 0.2) is 5.78 Å². The van der Waals surface area contributed by atoms with Gasteiger partial charge in [-0.1, -0.05) is 42.0 Å². The lowest BCUT2D eigenvalue weighted by Gasteiger charge is -2.36. The fourth-order valence-corrected chi connectivity index (χ4v) is 4.82. The van der Waals surface area contributed by atoms with E-state index in [0.717, 1.165) is 11.1 Å². The molecule has 7 heteroatoms. The van der Waals surface area contributed by atoms with Gasteiger partial charge in [-0.2, -0.15) is 0 Å². The van der Waals surface area contributed by atoms with Gasteiger partial charge in [0.25, 0.3) is 0 Å². The first-order valence-corrected chi connectivity index (χ1v) is 11.9. The third kappa shape index (κ3) is 5.05. The molecule has 3 rings (SSSR count). The Morgan fingerprint density at radius 1 is 1.10 bits per heavy atom. The van der Waals surface area contributed by atoms with Crippen molar-refractivity contribution in [1.82, 2.24) is 4.72 Å². The van der Waals surface area contributed by atoms with Crippen LogP contribution in [0.3, 0.4) is 0 Å². The van der Waals surface area contributed by atoms with Gasteiger partial charge in [0.1, 0.15) is 11.0 Å². The molecule has 0 amide bonds. The number of Topliss-reactive ketones (excluding diaryl/α,β-unsaturated/α-hetero) is 1. The number of esters is 1. The normalized spacial score (nSPS) is 19.0. The molecule has 1 atom stereocenters.